The number of rotatable bonds is 4. The number of carbonyl (C=O) groups is 1. The minimum Gasteiger partial charge on any atom is -0.466 e. The fraction of sp³-hybridized carbons (Fsp3) is 0.158. The fourth-order valence-electron chi connectivity index (χ4n) is 2.76. The van der Waals surface area contributed by atoms with E-state index in [2.05, 4.69) is 4.98 Å². The van der Waals surface area contributed by atoms with E-state index in [1.54, 1.807) is 13.0 Å². The van der Waals surface area contributed by atoms with E-state index in [0.717, 1.165) is 5.39 Å². The highest BCUT2D eigenvalue weighted by Crippen LogP contribution is 2.33. The Labute approximate surface area is 142 Å². The molecular formula is C19H14FNO4. The third-order valence-corrected chi connectivity index (χ3v) is 3.93. The first-order valence-electron chi connectivity index (χ1n) is 7.87. The van der Waals surface area contributed by atoms with E-state index >= 15 is 0 Å². The van der Waals surface area contributed by atoms with Gasteiger partial charge in [-0.2, -0.15) is 0 Å². The van der Waals surface area contributed by atoms with E-state index in [-0.39, 0.29) is 30.1 Å². The molecule has 126 valence electrons. The lowest BCUT2D eigenvalue weighted by molar-refractivity contribution is -0.142. The van der Waals surface area contributed by atoms with Crippen molar-refractivity contribution in [2.24, 2.45) is 0 Å². The van der Waals surface area contributed by atoms with E-state index in [9.17, 15) is 9.18 Å². The lowest BCUT2D eigenvalue weighted by Gasteiger charge is -2.03. The number of nitrogens with zero attached hydrogens (tertiary/aromatic N) is 1. The Bertz CT molecular complexity index is 1080. The number of para-hydroxylation sites is 1. The quantitative estimate of drug-likeness (QED) is 0.513. The predicted molar refractivity (Wildman–Crippen MR) is 89.5 cm³/mol. The molecule has 2 heterocycles. The first kappa shape index (κ1) is 15.4. The summed E-state index contributed by atoms with van der Waals surface area (Å²) >= 11 is 0. The van der Waals surface area contributed by atoms with Crippen molar-refractivity contribution in [1.82, 2.24) is 4.98 Å². The summed E-state index contributed by atoms with van der Waals surface area (Å²) in [7, 11) is 0. The van der Waals surface area contributed by atoms with Gasteiger partial charge in [-0.05, 0) is 19.1 Å². The van der Waals surface area contributed by atoms with Crippen LogP contribution in [0.15, 0.2) is 51.5 Å². The number of ether oxygens (including phenoxy) is 1. The monoisotopic (exact) mass is 339 g/mol. The van der Waals surface area contributed by atoms with Gasteiger partial charge in [-0.25, -0.2) is 9.37 Å². The average Bonchev–Trinajstić information content (AvgIpc) is 3.21. The molecule has 0 N–H and O–H groups in total. The molecule has 0 fully saturated rings. The van der Waals surface area contributed by atoms with E-state index in [0.29, 0.717) is 16.7 Å². The van der Waals surface area contributed by atoms with Crippen LogP contribution in [0.1, 0.15) is 12.5 Å². The second kappa shape index (κ2) is 6.05. The molecule has 0 saturated heterocycles. The summed E-state index contributed by atoms with van der Waals surface area (Å²) in [6.45, 7) is 1.96. The van der Waals surface area contributed by atoms with Crippen molar-refractivity contribution in [2.45, 2.75) is 13.3 Å². The molecule has 0 saturated carbocycles. The SMILES string of the molecule is CCOC(=O)Cc1ccc2nc(-c3coc4ccccc34)oc2c1F. The number of carbonyl (C=O) groups excluding carboxylic acids is 1. The van der Waals surface area contributed by atoms with Gasteiger partial charge in [-0.15, -0.1) is 0 Å². The maximum Gasteiger partial charge on any atom is 0.310 e. The number of benzene rings is 2. The standard InChI is InChI=1S/C19H14FNO4/c1-2-23-16(22)9-11-7-8-14-18(17(11)20)25-19(21-14)13-10-24-15-6-4-3-5-12(13)15/h3-8,10H,2,9H2,1H3. The molecule has 0 amide bonds. The molecular weight excluding hydrogens is 325 g/mol. The maximum absolute atomic E-state index is 14.7. The predicted octanol–water partition coefficient (Wildman–Crippen LogP) is 4.49. The number of esters is 1. The molecule has 0 unspecified atom stereocenters. The van der Waals surface area contributed by atoms with Crippen LogP contribution >= 0.6 is 0 Å². The normalized spacial score (nSPS) is 11.3. The van der Waals surface area contributed by atoms with Gasteiger partial charge in [0.25, 0.3) is 0 Å². The van der Waals surface area contributed by atoms with Crippen LogP contribution in [0.25, 0.3) is 33.5 Å². The third-order valence-electron chi connectivity index (χ3n) is 3.93. The van der Waals surface area contributed by atoms with Gasteiger partial charge in [0.05, 0.1) is 18.6 Å². The number of oxazole rings is 1. The zero-order chi connectivity index (χ0) is 17.4. The van der Waals surface area contributed by atoms with Gasteiger partial charge >= 0.3 is 5.97 Å². The van der Waals surface area contributed by atoms with Crippen LogP contribution in [0, 0.1) is 5.82 Å². The van der Waals surface area contributed by atoms with Crippen molar-refractivity contribution in [3.63, 3.8) is 0 Å². The summed E-state index contributed by atoms with van der Waals surface area (Å²) in [4.78, 5) is 15.9. The van der Waals surface area contributed by atoms with Crippen LogP contribution in [0.5, 0.6) is 0 Å². The molecule has 0 aliphatic heterocycles. The van der Waals surface area contributed by atoms with E-state index in [4.69, 9.17) is 13.6 Å². The summed E-state index contributed by atoms with van der Waals surface area (Å²) in [5, 5.41) is 0.834. The molecule has 0 spiro atoms. The second-order valence-electron chi connectivity index (χ2n) is 5.53. The lowest BCUT2D eigenvalue weighted by Crippen LogP contribution is -2.08. The molecule has 0 bridgehead atoms. The molecule has 2 aromatic carbocycles. The first-order chi connectivity index (χ1) is 12.2. The zero-order valence-electron chi connectivity index (χ0n) is 13.4. The molecule has 25 heavy (non-hydrogen) atoms. The highest BCUT2D eigenvalue weighted by Gasteiger charge is 2.19. The van der Waals surface area contributed by atoms with Crippen LogP contribution in [0.2, 0.25) is 0 Å². The average molecular weight is 339 g/mol. The van der Waals surface area contributed by atoms with Gasteiger partial charge in [0.2, 0.25) is 5.89 Å². The molecule has 0 aliphatic carbocycles. The van der Waals surface area contributed by atoms with Gasteiger partial charge in [-0.3, -0.25) is 4.79 Å². The largest absolute Gasteiger partial charge is 0.466 e. The molecule has 0 radical (unpaired) electrons. The summed E-state index contributed by atoms with van der Waals surface area (Å²) in [5.74, 6) is -0.814. The van der Waals surface area contributed by atoms with Crippen molar-refractivity contribution in [3.05, 3.63) is 54.0 Å². The minimum absolute atomic E-state index is 0.0158. The smallest absolute Gasteiger partial charge is 0.310 e. The Morgan fingerprint density at radius 2 is 2.08 bits per heavy atom. The number of aromatic nitrogens is 1. The van der Waals surface area contributed by atoms with Crippen molar-refractivity contribution < 1.29 is 22.8 Å². The van der Waals surface area contributed by atoms with Crippen molar-refractivity contribution in [2.75, 3.05) is 6.61 Å². The number of halogens is 1. The molecule has 0 atom stereocenters. The van der Waals surface area contributed by atoms with Crippen molar-refractivity contribution >= 4 is 28.0 Å². The topological polar surface area (TPSA) is 65.5 Å². The molecule has 4 aromatic rings. The van der Waals surface area contributed by atoms with Crippen LogP contribution in [-0.2, 0) is 16.0 Å². The number of fused-ring (bicyclic) bond motifs is 2. The Morgan fingerprint density at radius 1 is 1.24 bits per heavy atom. The molecule has 4 rings (SSSR count). The summed E-state index contributed by atoms with van der Waals surface area (Å²) < 4.78 is 30.6. The highest BCUT2D eigenvalue weighted by molar-refractivity contribution is 5.93. The summed E-state index contributed by atoms with van der Waals surface area (Å²) in [6.07, 6.45) is 1.38. The van der Waals surface area contributed by atoms with E-state index < -0.39 is 11.8 Å². The Morgan fingerprint density at radius 3 is 2.92 bits per heavy atom. The zero-order valence-corrected chi connectivity index (χ0v) is 13.4. The molecule has 5 nitrogen and oxygen atoms in total. The van der Waals surface area contributed by atoms with E-state index in [1.165, 1.54) is 12.3 Å². The third kappa shape index (κ3) is 2.65. The number of hydrogen-bond acceptors (Lipinski definition) is 5. The number of hydrogen-bond donors (Lipinski definition) is 0. The number of furan rings is 1. The van der Waals surface area contributed by atoms with Crippen LogP contribution in [0.4, 0.5) is 4.39 Å². The van der Waals surface area contributed by atoms with Gasteiger partial charge in [0.1, 0.15) is 17.4 Å². The minimum atomic E-state index is -0.600. The van der Waals surface area contributed by atoms with Gasteiger partial charge in [0.15, 0.2) is 11.4 Å². The summed E-state index contributed by atoms with van der Waals surface area (Å²) in [6, 6.07) is 10.6. The fourth-order valence-corrected chi connectivity index (χ4v) is 2.76. The van der Waals surface area contributed by atoms with Crippen LogP contribution in [0.3, 0.4) is 0 Å². The van der Waals surface area contributed by atoms with Gasteiger partial charge in [0, 0.05) is 10.9 Å². The van der Waals surface area contributed by atoms with Gasteiger partial charge in [-0.1, -0.05) is 24.3 Å². The summed E-state index contributed by atoms with van der Waals surface area (Å²) in [5.41, 5.74) is 1.96. The first-order valence-corrected chi connectivity index (χ1v) is 7.87. The Kier molecular flexibility index (Phi) is 3.72. The van der Waals surface area contributed by atoms with Gasteiger partial charge < -0.3 is 13.6 Å². The molecule has 2 aromatic heterocycles. The van der Waals surface area contributed by atoms with E-state index in [1.807, 2.05) is 24.3 Å². The Balaban J connectivity index is 1.78. The molecule has 0 aliphatic rings. The van der Waals surface area contributed by atoms with Crippen molar-refractivity contribution in [1.29, 1.82) is 0 Å². The van der Waals surface area contributed by atoms with Crippen LogP contribution in [-0.4, -0.2) is 17.6 Å². The second-order valence-corrected chi connectivity index (χ2v) is 5.53. The Hall–Kier alpha value is -3.15. The van der Waals surface area contributed by atoms with Crippen molar-refractivity contribution in [3.8, 4) is 11.5 Å². The highest BCUT2D eigenvalue weighted by atomic mass is 19.1. The maximum atomic E-state index is 14.7. The molecule has 6 heteroatoms. The lowest BCUT2D eigenvalue weighted by atomic mass is 10.1. The van der Waals surface area contributed by atoms with Crippen LogP contribution < -0.4 is 0 Å².